The van der Waals surface area contributed by atoms with E-state index in [-0.39, 0.29) is 5.41 Å². The van der Waals surface area contributed by atoms with Gasteiger partial charge in [0.1, 0.15) is 0 Å². The van der Waals surface area contributed by atoms with Crippen molar-refractivity contribution < 1.29 is 4.74 Å². The molecule has 1 heterocycles. The molecule has 0 aliphatic heterocycles. The number of hydrogen-bond donors (Lipinski definition) is 1. The molecule has 1 aromatic heterocycles. The molecule has 20 heavy (non-hydrogen) atoms. The van der Waals surface area contributed by atoms with E-state index in [4.69, 9.17) is 4.74 Å². The Labute approximate surface area is 124 Å². The van der Waals surface area contributed by atoms with Gasteiger partial charge in [-0.25, -0.2) is 4.98 Å². The highest BCUT2D eigenvalue weighted by Crippen LogP contribution is 2.24. The number of aromatic nitrogens is 1. The average Bonchev–Trinajstić information content (AvgIpc) is 2.38. The van der Waals surface area contributed by atoms with Gasteiger partial charge in [0.2, 0.25) is 5.88 Å². The van der Waals surface area contributed by atoms with Crippen LogP contribution in [0.3, 0.4) is 0 Å². The van der Waals surface area contributed by atoms with Crippen LogP contribution in [0.2, 0.25) is 0 Å². The van der Waals surface area contributed by atoms with Crippen molar-refractivity contribution in [1.29, 1.82) is 0 Å². The molecular formula is C17H30N2O. The van der Waals surface area contributed by atoms with Crippen molar-refractivity contribution in [2.75, 3.05) is 13.2 Å². The minimum Gasteiger partial charge on any atom is -0.478 e. The van der Waals surface area contributed by atoms with Crippen LogP contribution in [-0.2, 0) is 12.0 Å². The molecule has 0 aliphatic rings. The molecule has 0 aromatic carbocycles. The van der Waals surface area contributed by atoms with Crippen LogP contribution in [-0.4, -0.2) is 18.1 Å². The highest BCUT2D eigenvalue weighted by atomic mass is 16.5. The van der Waals surface area contributed by atoms with Gasteiger partial charge in [-0.3, -0.25) is 0 Å². The van der Waals surface area contributed by atoms with Crippen molar-refractivity contribution in [1.82, 2.24) is 10.3 Å². The Morgan fingerprint density at radius 3 is 2.50 bits per heavy atom. The van der Waals surface area contributed by atoms with E-state index in [0.717, 1.165) is 50.5 Å². The molecule has 0 fully saturated rings. The Morgan fingerprint density at radius 1 is 1.15 bits per heavy atom. The van der Waals surface area contributed by atoms with Crippen LogP contribution in [0.1, 0.15) is 65.1 Å². The summed E-state index contributed by atoms with van der Waals surface area (Å²) in [4.78, 5) is 4.65. The van der Waals surface area contributed by atoms with Crippen LogP contribution in [0.5, 0.6) is 5.88 Å². The van der Waals surface area contributed by atoms with Crippen molar-refractivity contribution in [2.45, 2.75) is 65.8 Å². The van der Waals surface area contributed by atoms with E-state index in [1.54, 1.807) is 0 Å². The fraction of sp³-hybridized carbons (Fsp3) is 0.706. The summed E-state index contributed by atoms with van der Waals surface area (Å²) in [6.07, 6.45) is 3.37. The van der Waals surface area contributed by atoms with Crippen LogP contribution in [0.15, 0.2) is 12.1 Å². The van der Waals surface area contributed by atoms with E-state index in [1.807, 2.05) is 0 Å². The number of pyridine rings is 1. The Balaban J connectivity index is 2.84. The van der Waals surface area contributed by atoms with Crippen molar-refractivity contribution in [3.8, 4) is 5.88 Å². The molecule has 0 unspecified atom stereocenters. The van der Waals surface area contributed by atoms with Gasteiger partial charge in [0, 0.05) is 18.0 Å². The molecule has 3 heteroatoms. The van der Waals surface area contributed by atoms with Crippen molar-refractivity contribution in [2.24, 2.45) is 0 Å². The molecule has 3 nitrogen and oxygen atoms in total. The van der Waals surface area contributed by atoms with Crippen LogP contribution in [0.4, 0.5) is 0 Å². The van der Waals surface area contributed by atoms with Gasteiger partial charge in [-0.1, -0.05) is 41.0 Å². The molecule has 0 saturated carbocycles. The first-order chi connectivity index (χ1) is 9.47. The van der Waals surface area contributed by atoms with E-state index >= 15 is 0 Å². The van der Waals surface area contributed by atoms with E-state index in [2.05, 4.69) is 57.1 Å². The van der Waals surface area contributed by atoms with Crippen LogP contribution in [0.25, 0.3) is 0 Å². The van der Waals surface area contributed by atoms with Gasteiger partial charge in [0.05, 0.1) is 12.3 Å². The zero-order chi connectivity index (χ0) is 15.0. The second-order valence-corrected chi connectivity index (χ2v) is 6.33. The summed E-state index contributed by atoms with van der Waals surface area (Å²) in [5, 5.41) is 3.44. The highest BCUT2D eigenvalue weighted by Gasteiger charge is 2.17. The minimum absolute atomic E-state index is 0.0453. The molecule has 0 amide bonds. The zero-order valence-electron chi connectivity index (χ0n) is 13.8. The van der Waals surface area contributed by atoms with Gasteiger partial charge in [-0.15, -0.1) is 0 Å². The smallest absolute Gasteiger partial charge is 0.213 e. The predicted octanol–water partition coefficient (Wildman–Crippen LogP) is 4.06. The normalized spacial score (nSPS) is 11.7. The molecule has 0 bridgehead atoms. The summed E-state index contributed by atoms with van der Waals surface area (Å²) in [6.45, 7) is 13.6. The maximum atomic E-state index is 5.79. The first-order valence-corrected chi connectivity index (χ1v) is 7.82. The largest absolute Gasteiger partial charge is 0.478 e. The van der Waals surface area contributed by atoms with Crippen molar-refractivity contribution in [3.05, 3.63) is 23.4 Å². The third kappa shape index (κ3) is 5.91. The van der Waals surface area contributed by atoms with Gasteiger partial charge in [-0.05, 0) is 31.0 Å². The fourth-order valence-corrected chi connectivity index (χ4v) is 1.85. The Kier molecular flexibility index (Phi) is 7.00. The lowest BCUT2D eigenvalue weighted by Crippen LogP contribution is -2.18. The highest BCUT2D eigenvalue weighted by molar-refractivity contribution is 5.28. The van der Waals surface area contributed by atoms with E-state index in [9.17, 15) is 0 Å². The third-order valence-corrected chi connectivity index (χ3v) is 3.13. The number of nitrogens with one attached hydrogen (secondary N) is 1. The van der Waals surface area contributed by atoms with Crippen LogP contribution in [0, 0.1) is 0 Å². The summed E-state index contributed by atoms with van der Waals surface area (Å²) in [6, 6.07) is 4.25. The lowest BCUT2D eigenvalue weighted by molar-refractivity contribution is 0.295. The Bertz CT molecular complexity index is 368. The molecule has 0 radical (unpaired) electrons. The molecule has 0 spiro atoms. The fourth-order valence-electron chi connectivity index (χ4n) is 1.85. The van der Waals surface area contributed by atoms with Gasteiger partial charge >= 0.3 is 0 Å². The minimum atomic E-state index is 0.0453. The topological polar surface area (TPSA) is 34.1 Å². The molecule has 114 valence electrons. The zero-order valence-corrected chi connectivity index (χ0v) is 13.8. The van der Waals surface area contributed by atoms with Gasteiger partial charge in [0.15, 0.2) is 0 Å². The first-order valence-electron chi connectivity index (χ1n) is 7.82. The number of unbranched alkanes of at least 4 members (excludes halogenated alkanes) is 1. The molecular weight excluding hydrogens is 248 g/mol. The maximum absolute atomic E-state index is 5.79. The number of hydrogen-bond acceptors (Lipinski definition) is 3. The SMILES string of the molecule is CCCCOc1cc(CNCCC)cc(C(C)(C)C)n1. The lowest BCUT2D eigenvalue weighted by atomic mass is 9.91. The van der Waals surface area contributed by atoms with Gasteiger partial charge in [-0.2, -0.15) is 0 Å². The summed E-state index contributed by atoms with van der Waals surface area (Å²) in [5.41, 5.74) is 2.40. The molecule has 0 aliphatic carbocycles. The van der Waals surface area contributed by atoms with E-state index in [1.165, 1.54) is 5.56 Å². The quantitative estimate of drug-likeness (QED) is 0.728. The summed E-state index contributed by atoms with van der Waals surface area (Å²) >= 11 is 0. The Morgan fingerprint density at radius 2 is 1.90 bits per heavy atom. The van der Waals surface area contributed by atoms with E-state index in [0.29, 0.717) is 0 Å². The van der Waals surface area contributed by atoms with E-state index < -0.39 is 0 Å². The molecule has 1 aromatic rings. The second-order valence-electron chi connectivity index (χ2n) is 6.33. The average molecular weight is 278 g/mol. The summed E-state index contributed by atoms with van der Waals surface area (Å²) < 4.78 is 5.79. The molecule has 1 rings (SSSR count). The monoisotopic (exact) mass is 278 g/mol. The number of nitrogens with zero attached hydrogens (tertiary/aromatic N) is 1. The summed E-state index contributed by atoms with van der Waals surface area (Å²) in [5.74, 6) is 0.763. The van der Waals surface area contributed by atoms with Crippen molar-refractivity contribution in [3.63, 3.8) is 0 Å². The van der Waals surface area contributed by atoms with Crippen molar-refractivity contribution >= 4 is 0 Å². The Hall–Kier alpha value is -1.09. The van der Waals surface area contributed by atoms with Crippen LogP contribution >= 0.6 is 0 Å². The van der Waals surface area contributed by atoms with Gasteiger partial charge < -0.3 is 10.1 Å². The summed E-state index contributed by atoms with van der Waals surface area (Å²) in [7, 11) is 0. The molecule has 0 saturated heterocycles. The number of rotatable bonds is 8. The second kappa shape index (κ2) is 8.25. The lowest BCUT2D eigenvalue weighted by Gasteiger charge is -2.20. The standard InChI is InChI=1S/C17H30N2O/c1-6-8-10-20-16-12-14(13-18-9-7-2)11-15(19-16)17(3,4)5/h11-12,18H,6-10,13H2,1-5H3. The maximum Gasteiger partial charge on any atom is 0.213 e. The number of ether oxygens (including phenoxy) is 1. The van der Waals surface area contributed by atoms with Gasteiger partial charge in [0.25, 0.3) is 0 Å². The predicted molar refractivity (Wildman–Crippen MR) is 85.3 cm³/mol. The molecule has 0 atom stereocenters. The van der Waals surface area contributed by atoms with Crippen LogP contribution < -0.4 is 10.1 Å². The first kappa shape index (κ1) is 17.0. The molecule has 1 N–H and O–H groups in total. The third-order valence-electron chi connectivity index (χ3n) is 3.13.